The van der Waals surface area contributed by atoms with Gasteiger partial charge in [-0.05, 0) is 0 Å². The summed E-state index contributed by atoms with van der Waals surface area (Å²) in [6, 6.07) is 0. The molecule has 0 atom stereocenters. The molecule has 0 fully saturated rings. The van der Waals surface area contributed by atoms with E-state index >= 15 is 0 Å². The van der Waals surface area contributed by atoms with Gasteiger partial charge in [0.2, 0.25) is 0 Å². The Balaban J connectivity index is -0.00000000167. The van der Waals surface area contributed by atoms with Gasteiger partial charge in [0.05, 0.1) is 0 Å². The van der Waals surface area contributed by atoms with Gasteiger partial charge in [0.25, 0.3) is 0 Å². The molecule has 0 saturated heterocycles. The normalized spacial score (nSPS) is 2.00. The average Bonchev–Trinajstić information content (AvgIpc) is 1.50. The first-order chi connectivity index (χ1) is 2.00. The predicted molar refractivity (Wildman–Crippen MR) is 24.6 cm³/mol. The zero-order valence-electron chi connectivity index (χ0n) is 5.83. The van der Waals surface area contributed by atoms with Crippen LogP contribution in [-0.4, -0.2) is 37.7 Å². The van der Waals surface area contributed by atoms with E-state index in [4.69, 9.17) is 0 Å². The maximum absolute atomic E-state index is 3.10. The maximum atomic E-state index is 3.10. The SMILES string of the molecule is [Ca+2].[H-].[H-].[PH]=[Zn].[PH]=[Zn].[Zn]. The van der Waals surface area contributed by atoms with Crippen LogP contribution < -0.4 is 0 Å². The van der Waals surface area contributed by atoms with Crippen molar-refractivity contribution >= 4 is 52.0 Å². The van der Waals surface area contributed by atoms with Crippen molar-refractivity contribution in [1.29, 1.82) is 0 Å². The molecule has 0 bridgehead atoms. The predicted octanol–water partition coefficient (Wildman–Crippen LogP) is 1.02. The molecule has 0 heterocycles. The third-order valence-electron chi connectivity index (χ3n) is 0. The van der Waals surface area contributed by atoms with Crippen molar-refractivity contribution in [3.05, 3.63) is 0 Å². The van der Waals surface area contributed by atoms with E-state index in [9.17, 15) is 0 Å². The van der Waals surface area contributed by atoms with Crippen LogP contribution in [0.5, 0.6) is 0 Å². The van der Waals surface area contributed by atoms with Crippen molar-refractivity contribution in [2.75, 3.05) is 0 Å². The monoisotopic (exact) mass is 298 g/mol. The first-order valence-corrected chi connectivity index (χ1v) is 11.0. The molecule has 0 amide bonds. The topological polar surface area (TPSA) is 0 Å². The number of hydrogen-bond acceptors (Lipinski definition) is 0. The zero-order valence-corrected chi connectivity index (χ0v) is 16.9. The molecule has 0 aliphatic rings. The van der Waals surface area contributed by atoms with Gasteiger partial charge in [0, 0.05) is 19.5 Å². The van der Waals surface area contributed by atoms with Gasteiger partial charge in [-0.15, -0.1) is 0 Å². The Kier molecular flexibility index (Phi) is 141. The minimum atomic E-state index is 0. The third-order valence-corrected chi connectivity index (χ3v) is 0. The standard InChI is InChI=1S/Ca.2HP.3Zn.2H/h;2*1H;;;;;/q+2;;;;;;2*-1. The van der Waals surface area contributed by atoms with Crippen molar-refractivity contribution in [3.63, 3.8) is 0 Å². The van der Waals surface area contributed by atoms with E-state index in [2.05, 4.69) is 14.2 Å². The Morgan fingerprint density at radius 1 is 1.00 bits per heavy atom. The molecular formula is H4CaP2Zn3. The quantitative estimate of drug-likeness (QED) is 0.463. The van der Waals surface area contributed by atoms with Crippen molar-refractivity contribution < 1.29 is 57.0 Å². The maximum Gasteiger partial charge on any atom is 0 e. The Bertz CT molecular complexity index is 17.2. The fourth-order valence-electron chi connectivity index (χ4n) is 0. The number of hydrogen-bond donors (Lipinski definition) is 0. The van der Waals surface area contributed by atoms with E-state index in [1.807, 2.05) is 0 Å². The molecule has 6 heteroatoms. The van der Waals surface area contributed by atoms with E-state index in [0.29, 0.717) is 0 Å². The molecule has 0 radical (unpaired) electrons. The Labute approximate surface area is 107 Å². The molecular weight excluding hydrogens is 298 g/mol. The summed E-state index contributed by atoms with van der Waals surface area (Å²) >= 11 is 2.36. The molecule has 6 heavy (non-hydrogen) atoms. The van der Waals surface area contributed by atoms with E-state index in [0.717, 1.165) is 0 Å². The summed E-state index contributed by atoms with van der Waals surface area (Å²) in [6.45, 7) is 0. The summed E-state index contributed by atoms with van der Waals surface area (Å²) in [5, 5.41) is 0. The second kappa shape index (κ2) is 37.5. The van der Waals surface area contributed by atoms with Gasteiger partial charge in [0.15, 0.2) is 0 Å². The van der Waals surface area contributed by atoms with E-state index < -0.39 is 0 Å². The molecule has 0 unspecified atom stereocenters. The van der Waals surface area contributed by atoms with Crippen molar-refractivity contribution in [1.82, 2.24) is 0 Å². The van der Waals surface area contributed by atoms with Crippen molar-refractivity contribution in [2.24, 2.45) is 0 Å². The van der Waals surface area contributed by atoms with Gasteiger partial charge in [-0.3, -0.25) is 0 Å². The molecule has 0 aromatic rings. The Morgan fingerprint density at radius 3 is 1.00 bits per heavy atom. The molecule has 0 aromatic heterocycles. The van der Waals surface area contributed by atoms with Crippen molar-refractivity contribution in [3.8, 4) is 0 Å². The molecule has 0 spiro atoms. The van der Waals surface area contributed by atoms with Gasteiger partial charge in [-0.1, -0.05) is 0 Å². The summed E-state index contributed by atoms with van der Waals surface area (Å²) in [4.78, 5) is 0. The summed E-state index contributed by atoms with van der Waals surface area (Å²) in [5.74, 6) is 0. The Morgan fingerprint density at radius 2 is 1.00 bits per heavy atom. The summed E-state index contributed by atoms with van der Waals surface area (Å²) in [7, 11) is 6.19. The van der Waals surface area contributed by atoms with Gasteiger partial charge in [0.1, 0.15) is 0 Å². The van der Waals surface area contributed by atoms with Crippen LogP contribution in [-0.2, 0) is 54.1 Å². The van der Waals surface area contributed by atoms with Crippen LogP contribution in [0, 0.1) is 0 Å². The first-order valence-electron chi connectivity index (χ1n) is 0.707. The summed E-state index contributed by atoms with van der Waals surface area (Å²) in [5.41, 5.74) is 0. The van der Waals surface area contributed by atoms with Crippen LogP contribution in [0.4, 0.5) is 0 Å². The van der Waals surface area contributed by atoms with Crippen LogP contribution in [0.1, 0.15) is 2.85 Å². The minimum Gasteiger partial charge on any atom is 0 e. The average molecular weight is 302 g/mol. The fourth-order valence-corrected chi connectivity index (χ4v) is 0. The van der Waals surface area contributed by atoms with Gasteiger partial charge in [-0.2, -0.15) is 0 Å². The second-order valence-corrected chi connectivity index (χ2v) is 0. The second-order valence-electron chi connectivity index (χ2n) is 0. The first kappa shape index (κ1) is 22.6. The minimum absolute atomic E-state index is 0. The molecule has 0 aromatic carbocycles. The third kappa shape index (κ3) is 25.2. The van der Waals surface area contributed by atoms with Crippen LogP contribution in [0.15, 0.2) is 0 Å². The molecule has 0 nitrogen and oxygen atoms in total. The molecule has 0 N–H and O–H groups in total. The van der Waals surface area contributed by atoms with Crippen LogP contribution in [0.2, 0.25) is 0 Å². The zero-order chi connectivity index (χ0) is 4.00. The summed E-state index contributed by atoms with van der Waals surface area (Å²) in [6.07, 6.45) is 0. The van der Waals surface area contributed by atoms with Crippen LogP contribution in [0.3, 0.4) is 0 Å². The fraction of sp³-hybridized carbons (Fsp3) is 0. The molecule has 0 aliphatic heterocycles. The van der Waals surface area contributed by atoms with Gasteiger partial charge < -0.3 is 2.85 Å². The summed E-state index contributed by atoms with van der Waals surface area (Å²) < 4.78 is 0. The Hall–Kier alpha value is 3.73. The van der Waals surface area contributed by atoms with Gasteiger partial charge in [-0.25, -0.2) is 0 Å². The van der Waals surface area contributed by atoms with Crippen LogP contribution in [0.25, 0.3) is 0 Å². The van der Waals surface area contributed by atoms with Crippen LogP contribution >= 0.6 is 14.2 Å². The van der Waals surface area contributed by atoms with E-state index in [1.54, 1.807) is 0 Å². The molecule has 22 valence electrons. The van der Waals surface area contributed by atoms with Gasteiger partial charge >= 0.3 is 86.6 Å². The largest absolute Gasteiger partial charge is 0 e. The smallest absolute Gasteiger partial charge is 0 e. The van der Waals surface area contributed by atoms with Crippen molar-refractivity contribution in [2.45, 2.75) is 0 Å². The molecule has 0 aliphatic carbocycles. The van der Waals surface area contributed by atoms with E-state index in [-0.39, 0.29) is 60.1 Å². The molecule has 0 rings (SSSR count). The van der Waals surface area contributed by atoms with E-state index in [1.165, 1.54) is 34.7 Å². The molecule has 0 saturated carbocycles. The number of rotatable bonds is 0.